The first-order valence-corrected chi connectivity index (χ1v) is 8.54. The van der Waals surface area contributed by atoms with E-state index in [9.17, 15) is 13.2 Å². The van der Waals surface area contributed by atoms with Gasteiger partial charge < -0.3 is 5.11 Å². The van der Waals surface area contributed by atoms with Crippen molar-refractivity contribution < 1.29 is 18.3 Å². The first-order valence-electron chi connectivity index (χ1n) is 6.14. The summed E-state index contributed by atoms with van der Waals surface area (Å²) < 4.78 is 26.2. The van der Waals surface area contributed by atoms with Gasteiger partial charge in [0.05, 0.1) is 11.7 Å². The largest absolute Gasteiger partial charge is 0.481 e. The smallest absolute Gasteiger partial charge is 0.307 e. The third-order valence-corrected chi connectivity index (χ3v) is 5.61. The third kappa shape index (κ3) is 4.88. The zero-order valence-electron chi connectivity index (χ0n) is 11.4. The zero-order valence-corrected chi connectivity index (χ0v) is 13.8. The van der Waals surface area contributed by atoms with Crippen molar-refractivity contribution in [3.63, 3.8) is 0 Å². The number of rotatable bonds is 7. The number of halogens is 1. The second-order valence-electron chi connectivity index (χ2n) is 4.68. The fraction of sp³-hybridized carbons (Fsp3) is 0.462. The summed E-state index contributed by atoms with van der Waals surface area (Å²) in [6.07, 6.45) is 0.384. The van der Waals surface area contributed by atoms with Gasteiger partial charge in [0.2, 0.25) is 10.0 Å². The van der Waals surface area contributed by atoms with Crippen LogP contribution in [0.3, 0.4) is 0 Å². The van der Waals surface area contributed by atoms with E-state index in [1.54, 1.807) is 0 Å². The molecule has 0 bridgehead atoms. The topological polar surface area (TPSA) is 74.7 Å². The van der Waals surface area contributed by atoms with Crippen LogP contribution >= 0.6 is 15.9 Å². The molecule has 0 saturated carbocycles. The van der Waals surface area contributed by atoms with Gasteiger partial charge in [0, 0.05) is 18.1 Å². The third-order valence-electron chi connectivity index (χ3n) is 3.01. The molecule has 0 radical (unpaired) electrons. The molecule has 0 fully saturated rings. The van der Waals surface area contributed by atoms with Gasteiger partial charge in [0.25, 0.3) is 0 Å². The number of benzene rings is 1. The molecule has 0 heterocycles. The molecule has 5 nitrogen and oxygen atoms in total. The summed E-state index contributed by atoms with van der Waals surface area (Å²) in [5.74, 6) is -1.77. The van der Waals surface area contributed by atoms with Crippen molar-refractivity contribution in [3.05, 3.63) is 34.3 Å². The Morgan fingerprint density at radius 3 is 2.55 bits per heavy atom. The summed E-state index contributed by atoms with van der Waals surface area (Å²) in [6, 6.07) is 7.43. The van der Waals surface area contributed by atoms with E-state index >= 15 is 0 Å². The van der Waals surface area contributed by atoms with E-state index in [0.29, 0.717) is 6.42 Å². The molecule has 0 aliphatic rings. The molecule has 1 aromatic rings. The lowest BCUT2D eigenvalue weighted by molar-refractivity contribution is -0.141. The first-order chi connectivity index (χ1) is 9.24. The van der Waals surface area contributed by atoms with E-state index in [1.807, 2.05) is 24.3 Å². The second-order valence-corrected chi connectivity index (χ2v) is 7.73. The van der Waals surface area contributed by atoms with E-state index in [-0.39, 0.29) is 12.3 Å². The lowest BCUT2D eigenvalue weighted by Gasteiger charge is -2.19. The maximum Gasteiger partial charge on any atom is 0.307 e. The summed E-state index contributed by atoms with van der Waals surface area (Å²) in [5, 5.41) is 8.81. The molecule has 0 saturated heterocycles. The Morgan fingerprint density at radius 2 is 2.00 bits per heavy atom. The van der Waals surface area contributed by atoms with Gasteiger partial charge in [-0.2, -0.15) is 0 Å². The highest BCUT2D eigenvalue weighted by atomic mass is 79.9. The van der Waals surface area contributed by atoms with Crippen LogP contribution in [0.4, 0.5) is 0 Å². The quantitative estimate of drug-likeness (QED) is 0.803. The van der Waals surface area contributed by atoms with Gasteiger partial charge in [0.15, 0.2) is 0 Å². The van der Waals surface area contributed by atoms with E-state index in [4.69, 9.17) is 5.11 Å². The van der Waals surface area contributed by atoms with Gasteiger partial charge in [-0.05, 0) is 18.1 Å². The van der Waals surface area contributed by atoms with Crippen molar-refractivity contribution in [2.45, 2.75) is 13.3 Å². The number of nitrogens with zero attached hydrogens (tertiary/aromatic N) is 1. The molecule has 0 aliphatic heterocycles. The molecule has 1 unspecified atom stereocenters. The number of sulfonamides is 1. The van der Waals surface area contributed by atoms with E-state index in [1.165, 1.54) is 14.0 Å². The molecule has 20 heavy (non-hydrogen) atoms. The fourth-order valence-electron chi connectivity index (χ4n) is 1.67. The molecule has 1 atom stereocenters. The van der Waals surface area contributed by atoms with E-state index in [2.05, 4.69) is 15.9 Å². The normalized spacial score (nSPS) is 13.4. The van der Waals surface area contributed by atoms with Crippen molar-refractivity contribution >= 4 is 31.9 Å². The van der Waals surface area contributed by atoms with Crippen LogP contribution in [0, 0.1) is 5.92 Å². The van der Waals surface area contributed by atoms with Gasteiger partial charge in [-0.1, -0.05) is 41.1 Å². The highest BCUT2D eigenvalue weighted by Gasteiger charge is 2.22. The van der Waals surface area contributed by atoms with Crippen molar-refractivity contribution in [1.82, 2.24) is 4.31 Å². The molecule has 0 spiro atoms. The lowest BCUT2D eigenvalue weighted by Crippen LogP contribution is -2.35. The Kier molecular flexibility index (Phi) is 6.16. The Balaban J connectivity index is 2.66. The summed E-state index contributed by atoms with van der Waals surface area (Å²) >= 11 is 3.37. The minimum absolute atomic E-state index is 0.0202. The number of aryl methyl sites for hydroxylation is 1. The van der Waals surface area contributed by atoms with Crippen molar-refractivity contribution in [1.29, 1.82) is 0 Å². The minimum atomic E-state index is -3.45. The number of carbonyl (C=O) groups is 1. The molecule has 1 rings (SSSR count). The number of hydrogen-bond acceptors (Lipinski definition) is 3. The number of carboxylic acids is 1. The Bertz CT molecular complexity index is 573. The molecule has 0 amide bonds. The van der Waals surface area contributed by atoms with E-state index in [0.717, 1.165) is 14.3 Å². The molecule has 7 heteroatoms. The predicted molar refractivity (Wildman–Crippen MR) is 81.1 cm³/mol. The highest BCUT2D eigenvalue weighted by Crippen LogP contribution is 2.17. The lowest BCUT2D eigenvalue weighted by atomic mass is 10.2. The molecular formula is C13H18BrNO4S. The van der Waals surface area contributed by atoms with Crippen LogP contribution in [0.1, 0.15) is 12.5 Å². The van der Waals surface area contributed by atoms with Crippen LogP contribution in [0.5, 0.6) is 0 Å². The van der Waals surface area contributed by atoms with E-state index < -0.39 is 21.9 Å². The molecule has 112 valence electrons. The van der Waals surface area contributed by atoms with Crippen LogP contribution < -0.4 is 0 Å². The van der Waals surface area contributed by atoms with Gasteiger partial charge in [-0.3, -0.25) is 4.79 Å². The molecular weight excluding hydrogens is 346 g/mol. The molecule has 1 N–H and O–H groups in total. The summed E-state index contributed by atoms with van der Waals surface area (Å²) in [5.41, 5.74) is 0.913. The second kappa shape index (κ2) is 7.19. The molecule has 1 aromatic carbocycles. The predicted octanol–water partition coefficient (Wildman–Crippen LogP) is 1.97. The maximum absolute atomic E-state index is 12.1. The Hall–Kier alpha value is -0.920. The number of aliphatic carboxylic acids is 1. The standard InChI is InChI=1S/C13H18BrNO4S/c1-10(13(16)17)9-15(2)20(18,19)8-7-11-5-3-4-6-12(11)14/h3-6,10H,7-9H2,1-2H3,(H,16,17). The monoisotopic (exact) mass is 363 g/mol. The maximum atomic E-state index is 12.1. The van der Waals surface area contributed by atoms with Crippen molar-refractivity contribution in [3.8, 4) is 0 Å². The summed E-state index contributed by atoms with van der Waals surface area (Å²) in [4.78, 5) is 10.8. The fourth-order valence-corrected chi connectivity index (χ4v) is 3.40. The summed E-state index contributed by atoms with van der Waals surface area (Å²) in [7, 11) is -2.04. The van der Waals surface area contributed by atoms with Crippen LogP contribution in [0.25, 0.3) is 0 Å². The number of carboxylic acid groups (broad SMARTS) is 1. The van der Waals surface area contributed by atoms with Crippen LogP contribution in [0.15, 0.2) is 28.7 Å². The van der Waals surface area contributed by atoms with Gasteiger partial charge in [-0.15, -0.1) is 0 Å². The Morgan fingerprint density at radius 1 is 1.40 bits per heavy atom. The molecule has 0 aromatic heterocycles. The van der Waals surface area contributed by atoms with Crippen LogP contribution in [-0.2, 0) is 21.2 Å². The van der Waals surface area contributed by atoms with Crippen molar-refractivity contribution in [2.24, 2.45) is 5.92 Å². The van der Waals surface area contributed by atoms with Crippen molar-refractivity contribution in [2.75, 3.05) is 19.3 Å². The average molecular weight is 364 g/mol. The summed E-state index contributed by atoms with van der Waals surface area (Å²) in [6.45, 7) is 1.47. The molecule has 0 aliphatic carbocycles. The van der Waals surface area contributed by atoms with Gasteiger partial charge >= 0.3 is 5.97 Å². The van der Waals surface area contributed by atoms with Crippen LogP contribution in [-0.4, -0.2) is 43.1 Å². The van der Waals surface area contributed by atoms with Gasteiger partial charge in [-0.25, -0.2) is 12.7 Å². The SMILES string of the molecule is CC(CN(C)S(=O)(=O)CCc1ccccc1Br)C(=O)O. The highest BCUT2D eigenvalue weighted by molar-refractivity contribution is 9.10. The average Bonchev–Trinajstić information content (AvgIpc) is 2.37. The number of hydrogen-bond donors (Lipinski definition) is 1. The van der Waals surface area contributed by atoms with Gasteiger partial charge in [0.1, 0.15) is 0 Å². The zero-order chi connectivity index (χ0) is 15.3. The van der Waals surface area contributed by atoms with Crippen LogP contribution in [0.2, 0.25) is 0 Å². The Labute approximate surface area is 127 Å². The first kappa shape index (κ1) is 17.1. The minimum Gasteiger partial charge on any atom is -0.481 e.